The lowest BCUT2D eigenvalue weighted by molar-refractivity contribution is -0.126. The normalized spacial score (nSPS) is 16.8. The molecule has 3 heterocycles. The molecule has 7 nitrogen and oxygen atoms in total. The summed E-state index contributed by atoms with van der Waals surface area (Å²) in [6, 6.07) is 19.9. The number of carbonyl (C=O) groups is 1. The van der Waals surface area contributed by atoms with Gasteiger partial charge in [-0.15, -0.1) is 0 Å². The number of benzene rings is 2. The molecule has 2 aliphatic heterocycles. The molecule has 38 heavy (non-hydrogen) atoms. The average molecular weight is 530 g/mol. The maximum absolute atomic E-state index is 12.7. The second-order valence-corrected chi connectivity index (χ2v) is 10.4. The van der Waals surface area contributed by atoms with E-state index in [1.165, 1.54) is 0 Å². The summed E-state index contributed by atoms with van der Waals surface area (Å²) in [5, 5.41) is 16.6. The molecule has 2 aromatic carbocycles. The highest BCUT2D eigenvalue weighted by Gasteiger charge is 2.38. The minimum absolute atomic E-state index is 0.0370. The lowest BCUT2D eigenvalue weighted by Crippen LogP contribution is -2.54. The van der Waals surface area contributed by atoms with Crippen LogP contribution >= 0.6 is 11.6 Å². The first kappa shape index (κ1) is 26.0. The Morgan fingerprint density at radius 1 is 1.21 bits per heavy atom. The number of halogens is 1. The van der Waals surface area contributed by atoms with E-state index >= 15 is 0 Å². The number of anilines is 1. The zero-order chi connectivity index (χ0) is 26.5. The Labute approximate surface area is 228 Å². The Morgan fingerprint density at radius 3 is 2.66 bits per heavy atom. The average Bonchev–Trinajstić information content (AvgIpc) is 2.92. The third-order valence-electron chi connectivity index (χ3n) is 7.73. The number of piperidine rings is 1. The zero-order valence-electron chi connectivity index (χ0n) is 21.5. The largest absolute Gasteiger partial charge is 0.493 e. The van der Waals surface area contributed by atoms with Gasteiger partial charge in [0, 0.05) is 54.9 Å². The van der Waals surface area contributed by atoms with E-state index in [2.05, 4.69) is 27.7 Å². The van der Waals surface area contributed by atoms with E-state index in [4.69, 9.17) is 21.3 Å². The Bertz CT molecular complexity index is 1330. The SMILES string of the molecule is CCOc1ccccc1-c1ccc(C2(CNC(=O)C3CNC3)CCN(c3ccc(Cl)cc3C#N)CC2)cn1. The van der Waals surface area contributed by atoms with E-state index in [0.29, 0.717) is 23.7 Å². The molecule has 1 amide bonds. The molecular weight excluding hydrogens is 498 g/mol. The predicted molar refractivity (Wildman–Crippen MR) is 150 cm³/mol. The van der Waals surface area contributed by atoms with Gasteiger partial charge in [0.2, 0.25) is 5.91 Å². The number of carbonyl (C=O) groups excluding carboxylic acids is 1. The molecule has 0 unspecified atom stereocenters. The fourth-order valence-corrected chi connectivity index (χ4v) is 5.49. The van der Waals surface area contributed by atoms with Crippen LogP contribution in [-0.2, 0) is 10.2 Å². The van der Waals surface area contributed by atoms with Crippen LogP contribution in [0.1, 0.15) is 30.9 Å². The molecule has 2 saturated heterocycles. The number of aromatic nitrogens is 1. The van der Waals surface area contributed by atoms with E-state index in [1.807, 2.05) is 55.6 Å². The van der Waals surface area contributed by atoms with Crippen LogP contribution < -0.4 is 20.3 Å². The van der Waals surface area contributed by atoms with E-state index in [0.717, 1.165) is 67.3 Å². The Kier molecular flexibility index (Phi) is 7.82. The van der Waals surface area contributed by atoms with E-state index in [9.17, 15) is 10.1 Å². The molecule has 8 heteroatoms. The number of nitrogens with zero attached hydrogens (tertiary/aromatic N) is 3. The lowest BCUT2D eigenvalue weighted by atomic mass is 9.72. The van der Waals surface area contributed by atoms with Gasteiger partial charge in [-0.3, -0.25) is 9.78 Å². The topological polar surface area (TPSA) is 90.3 Å². The smallest absolute Gasteiger partial charge is 0.225 e. The van der Waals surface area contributed by atoms with Crippen molar-refractivity contribution in [2.75, 3.05) is 44.2 Å². The van der Waals surface area contributed by atoms with Crippen molar-refractivity contribution in [1.82, 2.24) is 15.6 Å². The van der Waals surface area contributed by atoms with Gasteiger partial charge in [0.05, 0.1) is 29.5 Å². The Morgan fingerprint density at radius 2 is 2.00 bits per heavy atom. The molecule has 0 aliphatic carbocycles. The Hall–Kier alpha value is -3.60. The fraction of sp³-hybridized carbons (Fsp3) is 0.367. The number of amides is 1. The third-order valence-corrected chi connectivity index (χ3v) is 7.97. The molecule has 5 rings (SSSR count). The van der Waals surface area contributed by atoms with Gasteiger partial charge in [0.15, 0.2) is 0 Å². The number of nitrogens with one attached hydrogen (secondary N) is 2. The highest BCUT2D eigenvalue weighted by atomic mass is 35.5. The minimum atomic E-state index is -0.256. The van der Waals surface area contributed by atoms with Crippen LogP contribution in [0, 0.1) is 17.2 Å². The standard InChI is InChI=1S/C30H32ClN5O2/c1-2-38-28-6-4-3-5-25(28)26-9-7-23(19-34-26)30(20-35-29(37)22-17-33-18-22)11-13-36(14-12-30)27-10-8-24(31)15-21(27)16-32/h3-10,15,19,22,33H,2,11-14,17-18,20H2,1H3,(H,35,37). The van der Waals surface area contributed by atoms with Crippen molar-refractivity contribution in [3.8, 4) is 23.1 Å². The van der Waals surface area contributed by atoms with E-state index < -0.39 is 0 Å². The van der Waals surface area contributed by atoms with Gasteiger partial charge in [-0.1, -0.05) is 29.8 Å². The van der Waals surface area contributed by atoms with Gasteiger partial charge in [-0.2, -0.15) is 5.26 Å². The molecule has 0 atom stereocenters. The predicted octanol–water partition coefficient (Wildman–Crippen LogP) is 4.55. The molecule has 1 aromatic heterocycles. The van der Waals surface area contributed by atoms with Crippen molar-refractivity contribution in [3.05, 3.63) is 76.9 Å². The molecule has 0 spiro atoms. The highest BCUT2D eigenvalue weighted by Crippen LogP contribution is 2.38. The molecule has 0 bridgehead atoms. The van der Waals surface area contributed by atoms with Crippen LogP contribution in [0.25, 0.3) is 11.3 Å². The van der Waals surface area contributed by atoms with Crippen LogP contribution in [0.3, 0.4) is 0 Å². The maximum atomic E-state index is 12.7. The quantitative estimate of drug-likeness (QED) is 0.445. The molecular formula is C30H32ClN5O2. The summed E-state index contributed by atoms with van der Waals surface area (Å²) in [6.45, 7) is 6.09. The van der Waals surface area contributed by atoms with Crippen molar-refractivity contribution in [3.63, 3.8) is 0 Å². The van der Waals surface area contributed by atoms with E-state index in [1.54, 1.807) is 6.07 Å². The summed E-state index contributed by atoms with van der Waals surface area (Å²) in [5.74, 6) is 0.955. The van der Waals surface area contributed by atoms with Crippen molar-refractivity contribution in [2.24, 2.45) is 5.92 Å². The second kappa shape index (κ2) is 11.4. The van der Waals surface area contributed by atoms with Crippen molar-refractivity contribution in [1.29, 1.82) is 5.26 Å². The van der Waals surface area contributed by atoms with Crippen LogP contribution in [0.15, 0.2) is 60.8 Å². The molecule has 2 aliphatic rings. The fourth-order valence-electron chi connectivity index (χ4n) is 5.32. The first-order valence-corrected chi connectivity index (χ1v) is 13.5. The Balaban J connectivity index is 1.40. The van der Waals surface area contributed by atoms with Crippen LogP contribution in [0.2, 0.25) is 5.02 Å². The van der Waals surface area contributed by atoms with Gasteiger partial charge in [0.25, 0.3) is 0 Å². The molecule has 2 fully saturated rings. The van der Waals surface area contributed by atoms with Crippen LogP contribution in [-0.4, -0.2) is 50.2 Å². The monoisotopic (exact) mass is 529 g/mol. The van der Waals surface area contributed by atoms with Gasteiger partial charge in [-0.25, -0.2) is 0 Å². The lowest BCUT2D eigenvalue weighted by Gasteiger charge is -2.43. The minimum Gasteiger partial charge on any atom is -0.493 e. The van der Waals surface area contributed by atoms with Crippen LogP contribution in [0.5, 0.6) is 5.75 Å². The van der Waals surface area contributed by atoms with Gasteiger partial charge < -0.3 is 20.3 Å². The van der Waals surface area contributed by atoms with Crippen molar-refractivity contribution >= 4 is 23.2 Å². The number of nitriles is 1. The summed E-state index contributed by atoms with van der Waals surface area (Å²) in [4.78, 5) is 19.8. The van der Waals surface area contributed by atoms with Crippen LogP contribution in [0.4, 0.5) is 5.69 Å². The highest BCUT2D eigenvalue weighted by molar-refractivity contribution is 6.30. The van der Waals surface area contributed by atoms with E-state index in [-0.39, 0.29) is 17.2 Å². The first-order valence-electron chi connectivity index (χ1n) is 13.1. The number of hydrogen-bond donors (Lipinski definition) is 2. The zero-order valence-corrected chi connectivity index (χ0v) is 22.3. The maximum Gasteiger partial charge on any atom is 0.225 e. The third kappa shape index (κ3) is 5.33. The van der Waals surface area contributed by atoms with Crippen molar-refractivity contribution < 1.29 is 9.53 Å². The summed E-state index contributed by atoms with van der Waals surface area (Å²) in [6.07, 6.45) is 3.59. The number of pyridine rings is 1. The van der Waals surface area contributed by atoms with Gasteiger partial charge in [0.1, 0.15) is 11.8 Å². The molecule has 3 aromatic rings. The number of ether oxygens (including phenoxy) is 1. The molecule has 2 N–H and O–H groups in total. The number of hydrogen-bond acceptors (Lipinski definition) is 6. The summed E-state index contributed by atoms with van der Waals surface area (Å²) in [5.41, 5.74) is 4.15. The first-order chi connectivity index (χ1) is 18.5. The summed E-state index contributed by atoms with van der Waals surface area (Å²) < 4.78 is 5.81. The van der Waals surface area contributed by atoms with Gasteiger partial charge >= 0.3 is 0 Å². The summed E-state index contributed by atoms with van der Waals surface area (Å²) in [7, 11) is 0. The summed E-state index contributed by atoms with van der Waals surface area (Å²) >= 11 is 6.13. The van der Waals surface area contributed by atoms with Crippen molar-refractivity contribution in [2.45, 2.75) is 25.2 Å². The molecule has 0 saturated carbocycles. The molecule has 0 radical (unpaired) electrons. The second-order valence-electron chi connectivity index (χ2n) is 9.97. The van der Waals surface area contributed by atoms with Gasteiger partial charge in [-0.05, 0) is 61.7 Å². The number of para-hydroxylation sites is 1. The number of rotatable bonds is 8. The molecule has 196 valence electrons.